The van der Waals surface area contributed by atoms with Crippen LogP contribution < -0.4 is 5.32 Å². The first-order chi connectivity index (χ1) is 13.0. The van der Waals surface area contributed by atoms with Crippen molar-refractivity contribution in [1.29, 1.82) is 0 Å². The minimum atomic E-state index is -3.65. The first kappa shape index (κ1) is 19.5. The van der Waals surface area contributed by atoms with Gasteiger partial charge in [0, 0.05) is 18.0 Å². The Morgan fingerprint density at radius 1 is 1.07 bits per heavy atom. The summed E-state index contributed by atoms with van der Waals surface area (Å²) in [5, 5.41) is 12.3. The molecule has 0 heterocycles. The maximum Gasteiger partial charge on any atom is 0.374 e. The molecule has 5 heteroatoms. The van der Waals surface area contributed by atoms with Crippen LogP contribution in [0.25, 0.3) is 0 Å². The third-order valence-corrected chi connectivity index (χ3v) is 5.43. The predicted molar refractivity (Wildman–Crippen MR) is 101 cm³/mol. The highest BCUT2D eigenvalue weighted by Crippen LogP contribution is 2.39. The highest BCUT2D eigenvalue weighted by Gasteiger charge is 2.50. The fraction of sp³-hybridized carbons (Fsp3) is 0.409. The summed E-state index contributed by atoms with van der Waals surface area (Å²) < 4.78 is 27.7. The molecule has 0 spiro atoms. The van der Waals surface area contributed by atoms with Crippen LogP contribution in [0.2, 0.25) is 0 Å². The number of hydrogen-bond acceptors (Lipinski definition) is 2. The van der Waals surface area contributed by atoms with E-state index in [1.807, 2.05) is 48.5 Å². The van der Waals surface area contributed by atoms with Gasteiger partial charge in [-0.15, -0.1) is 0 Å². The fourth-order valence-electron chi connectivity index (χ4n) is 3.91. The molecule has 27 heavy (non-hydrogen) atoms. The molecule has 1 saturated carbocycles. The van der Waals surface area contributed by atoms with Gasteiger partial charge in [-0.05, 0) is 43.2 Å². The standard InChI is InChI=1S/C22H25F2NO2/c23-22(24,21(26)27)18-12-13-19(15-18)25-20(17-9-5-2-6-10-17)14-11-16-7-3-1-4-8-16/h1-10,18-20,25H,11-15H2,(H,26,27). The van der Waals surface area contributed by atoms with Crippen molar-refractivity contribution in [2.75, 3.05) is 0 Å². The third-order valence-electron chi connectivity index (χ3n) is 5.43. The molecule has 2 N–H and O–H groups in total. The van der Waals surface area contributed by atoms with Crippen LogP contribution in [0, 0.1) is 5.92 Å². The van der Waals surface area contributed by atoms with Gasteiger partial charge in [0.05, 0.1) is 0 Å². The minimum absolute atomic E-state index is 0.0496. The van der Waals surface area contributed by atoms with Crippen LogP contribution in [0.3, 0.4) is 0 Å². The number of aryl methyl sites for hydroxylation is 1. The molecule has 3 unspecified atom stereocenters. The average Bonchev–Trinajstić information content (AvgIpc) is 3.16. The largest absolute Gasteiger partial charge is 0.477 e. The summed E-state index contributed by atoms with van der Waals surface area (Å²) in [6.45, 7) is 0. The van der Waals surface area contributed by atoms with E-state index in [4.69, 9.17) is 5.11 Å². The van der Waals surface area contributed by atoms with Crippen molar-refractivity contribution < 1.29 is 18.7 Å². The number of aliphatic carboxylic acids is 1. The molecule has 1 fully saturated rings. The lowest BCUT2D eigenvalue weighted by atomic mass is 9.97. The fourth-order valence-corrected chi connectivity index (χ4v) is 3.91. The molecule has 3 atom stereocenters. The first-order valence-electron chi connectivity index (χ1n) is 9.43. The predicted octanol–water partition coefficient (Wildman–Crippen LogP) is 4.84. The van der Waals surface area contributed by atoms with Gasteiger partial charge in [0.1, 0.15) is 0 Å². The Labute approximate surface area is 158 Å². The van der Waals surface area contributed by atoms with Gasteiger partial charge in [-0.25, -0.2) is 4.79 Å². The highest BCUT2D eigenvalue weighted by atomic mass is 19.3. The van der Waals surface area contributed by atoms with Crippen molar-refractivity contribution >= 4 is 5.97 Å². The zero-order chi connectivity index (χ0) is 19.3. The van der Waals surface area contributed by atoms with E-state index < -0.39 is 17.8 Å². The molecule has 1 aliphatic carbocycles. The molecular weight excluding hydrogens is 348 g/mol. The second-order valence-electron chi connectivity index (χ2n) is 7.29. The Kier molecular flexibility index (Phi) is 6.22. The van der Waals surface area contributed by atoms with Gasteiger partial charge in [-0.3, -0.25) is 0 Å². The van der Waals surface area contributed by atoms with Crippen molar-refractivity contribution in [2.24, 2.45) is 5.92 Å². The minimum Gasteiger partial charge on any atom is -0.477 e. The summed E-state index contributed by atoms with van der Waals surface area (Å²) in [7, 11) is 0. The number of carboxylic acids is 1. The van der Waals surface area contributed by atoms with E-state index in [0.717, 1.165) is 18.4 Å². The first-order valence-corrected chi connectivity index (χ1v) is 9.43. The summed E-state index contributed by atoms with van der Waals surface area (Å²) in [6, 6.07) is 20.1. The number of halogens is 2. The van der Waals surface area contributed by atoms with Crippen LogP contribution >= 0.6 is 0 Å². The van der Waals surface area contributed by atoms with E-state index in [1.54, 1.807) is 0 Å². The van der Waals surface area contributed by atoms with Gasteiger partial charge in [0.15, 0.2) is 0 Å². The normalized spacial score (nSPS) is 21.1. The van der Waals surface area contributed by atoms with E-state index in [1.165, 1.54) is 5.56 Å². The molecule has 0 amide bonds. The lowest BCUT2D eigenvalue weighted by molar-refractivity contribution is -0.173. The van der Waals surface area contributed by atoms with Gasteiger partial charge in [0.25, 0.3) is 0 Å². The molecule has 1 aliphatic rings. The van der Waals surface area contributed by atoms with E-state index in [9.17, 15) is 13.6 Å². The molecule has 3 rings (SSSR count). The topological polar surface area (TPSA) is 49.3 Å². The molecule has 0 aliphatic heterocycles. The zero-order valence-corrected chi connectivity index (χ0v) is 15.2. The molecule has 0 saturated heterocycles. The maximum atomic E-state index is 13.8. The SMILES string of the molecule is O=C(O)C(F)(F)C1CCC(NC(CCc2ccccc2)c2ccccc2)C1. The van der Waals surface area contributed by atoms with Crippen molar-refractivity contribution in [3.8, 4) is 0 Å². The van der Waals surface area contributed by atoms with Crippen LogP contribution in [0.4, 0.5) is 8.78 Å². The number of alkyl halides is 2. The molecule has 144 valence electrons. The number of hydrogen-bond donors (Lipinski definition) is 2. The summed E-state index contributed by atoms with van der Waals surface area (Å²) in [4.78, 5) is 10.8. The Morgan fingerprint density at radius 2 is 1.70 bits per heavy atom. The average molecular weight is 373 g/mol. The quantitative estimate of drug-likeness (QED) is 0.696. The number of carboxylic acid groups (broad SMARTS) is 1. The van der Waals surface area contributed by atoms with E-state index in [2.05, 4.69) is 17.4 Å². The van der Waals surface area contributed by atoms with Gasteiger partial charge in [0.2, 0.25) is 0 Å². The number of carbonyl (C=O) groups is 1. The van der Waals surface area contributed by atoms with Gasteiger partial charge in [-0.1, -0.05) is 60.7 Å². The van der Waals surface area contributed by atoms with Crippen molar-refractivity contribution in [3.05, 3.63) is 71.8 Å². The number of benzene rings is 2. The summed E-state index contributed by atoms with van der Waals surface area (Å²) in [6.07, 6.45) is 2.73. The summed E-state index contributed by atoms with van der Waals surface area (Å²) in [5.74, 6) is -6.77. The molecule has 2 aromatic carbocycles. The number of nitrogens with one attached hydrogen (secondary N) is 1. The van der Waals surface area contributed by atoms with Crippen molar-refractivity contribution in [1.82, 2.24) is 5.32 Å². The van der Waals surface area contributed by atoms with Crippen LogP contribution in [0.1, 0.15) is 42.9 Å². The molecule has 2 aromatic rings. The molecule has 0 radical (unpaired) electrons. The highest BCUT2D eigenvalue weighted by molar-refractivity contribution is 5.75. The van der Waals surface area contributed by atoms with Gasteiger partial charge < -0.3 is 10.4 Å². The summed E-state index contributed by atoms with van der Waals surface area (Å²) in [5.41, 5.74) is 2.36. The molecule has 0 aromatic heterocycles. The van der Waals surface area contributed by atoms with Crippen molar-refractivity contribution in [2.45, 2.75) is 50.1 Å². The van der Waals surface area contributed by atoms with Crippen LogP contribution in [-0.2, 0) is 11.2 Å². The molecule has 0 bridgehead atoms. The summed E-state index contributed by atoms with van der Waals surface area (Å²) >= 11 is 0. The third kappa shape index (κ3) is 4.92. The number of rotatable bonds is 8. The maximum absolute atomic E-state index is 13.8. The van der Waals surface area contributed by atoms with Gasteiger partial charge in [-0.2, -0.15) is 8.78 Å². The zero-order valence-electron chi connectivity index (χ0n) is 15.2. The lowest BCUT2D eigenvalue weighted by Crippen LogP contribution is -2.37. The van der Waals surface area contributed by atoms with E-state index in [0.29, 0.717) is 6.42 Å². The van der Waals surface area contributed by atoms with Crippen LogP contribution in [0.5, 0.6) is 0 Å². The van der Waals surface area contributed by atoms with Crippen LogP contribution in [-0.4, -0.2) is 23.0 Å². The van der Waals surface area contributed by atoms with Crippen molar-refractivity contribution in [3.63, 3.8) is 0 Å². The van der Waals surface area contributed by atoms with E-state index in [-0.39, 0.29) is 24.9 Å². The smallest absolute Gasteiger partial charge is 0.374 e. The molecular formula is C22H25F2NO2. The second-order valence-corrected chi connectivity index (χ2v) is 7.29. The Hall–Kier alpha value is -2.27. The van der Waals surface area contributed by atoms with E-state index >= 15 is 0 Å². The Morgan fingerprint density at radius 3 is 2.33 bits per heavy atom. The second kappa shape index (κ2) is 8.61. The monoisotopic (exact) mass is 373 g/mol. The Balaban J connectivity index is 1.66. The molecule has 3 nitrogen and oxygen atoms in total. The Bertz CT molecular complexity index is 736. The van der Waals surface area contributed by atoms with Crippen LogP contribution in [0.15, 0.2) is 60.7 Å². The lowest BCUT2D eigenvalue weighted by Gasteiger charge is -2.25. The van der Waals surface area contributed by atoms with Gasteiger partial charge >= 0.3 is 11.9 Å².